The van der Waals surface area contributed by atoms with E-state index in [-0.39, 0.29) is 11.5 Å². The molecule has 1 saturated carbocycles. The van der Waals surface area contributed by atoms with E-state index in [2.05, 4.69) is 24.2 Å². The lowest BCUT2D eigenvalue weighted by molar-refractivity contribution is 0.0855. The average Bonchev–Trinajstić information content (AvgIpc) is 2.99. The zero-order valence-corrected chi connectivity index (χ0v) is 12.4. The van der Waals surface area contributed by atoms with Crippen molar-refractivity contribution in [1.29, 1.82) is 0 Å². The van der Waals surface area contributed by atoms with Gasteiger partial charge in [-0.25, -0.2) is 0 Å². The molecule has 0 aromatic heterocycles. The molecule has 1 atom stereocenters. The molecule has 0 saturated heterocycles. The molecule has 1 aliphatic carbocycles. The second kappa shape index (κ2) is 5.47. The van der Waals surface area contributed by atoms with E-state index >= 15 is 0 Å². The summed E-state index contributed by atoms with van der Waals surface area (Å²) in [7, 11) is 1.69. The van der Waals surface area contributed by atoms with Crippen LogP contribution >= 0.6 is 0 Å². The van der Waals surface area contributed by atoms with Crippen molar-refractivity contribution < 1.29 is 9.57 Å². The van der Waals surface area contributed by atoms with Crippen molar-refractivity contribution in [3.05, 3.63) is 29.8 Å². The number of oxime groups is 1. The lowest BCUT2D eigenvalue weighted by Crippen LogP contribution is -2.29. The number of hydrogen-bond donors (Lipinski definition) is 0. The molecule has 1 heterocycles. The van der Waals surface area contributed by atoms with E-state index < -0.39 is 0 Å². The first-order valence-corrected chi connectivity index (χ1v) is 7.58. The normalized spacial score (nSPS) is 24.9. The maximum atomic E-state index is 5.69. The predicted molar refractivity (Wildman–Crippen MR) is 80.1 cm³/mol. The second-order valence-electron chi connectivity index (χ2n) is 6.23. The SMILES string of the molecule is COc1ccc([C@@H]2CC(C3(C)CCCCC3)=NO2)cc1. The molecule has 0 N–H and O–H groups in total. The molecule has 20 heavy (non-hydrogen) atoms. The number of hydrogen-bond acceptors (Lipinski definition) is 3. The third-order valence-corrected chi connectivity index (χ3v) is 4.81. The van der Waals surface area contributed by atoms with Crippen molar-refractivity contribution in [3.8, 4) is 5.75 Å². The Morgan fingerprint density at radius 1 is 1.15 bits per heavy atom. The summed E-state index contributed by atoms with van der Waals surface area (Å²) in [6.45, 7) is 2.35. The van der Waals surface area contributed by atoms with Crippen molar-refractivity contribution in [2.75, 3.05) is 7.11 Å². The van der Waals surface area contributed by atoms with E-state index in [1.165, 1.54) is 43.4 Å². The molecule has 3 nitrogen and oxygen atoms in total. The van der Waals surface area contributed by atoms with Gasteiger partial charge < -0.3 is 9.57 Å². The van der Waals surface area contributed by atoms with E-state index in [1.807, 2.05) is 12.1 Å². The quantitative estimate of drug-likeness (QED) is 0.812. The largest absolute Gasteiger partial charge is 0.497 e. The van der Waals surface area contributed by atoms with Crippen LogP contribution in [0.15, 0.2) is 29.4 Å². The Hall–Kier alpha value is -1.51. The van der Waals surface area contributed by atoms with E-state index in [4.69, 9.17) is 9.57 Å². The Morgan fingerprint density at radius 3 is 2.50 bits per heavy atom. The Labute approximate surface area is 121 Å². The summed E-state index contributed by atoms with van der Waals surface area (Å²) in [4.78, 5) is 5.69. The van der Waals surface area contributed by atoms with Crippen LogP contribution in [0.2, 0.25) is 0 Å². The molecule has 0 radical (unpaired) electrons. The summed E-state index contributed by atoms with van der Waals surface area (Å²) in [6.07, 6.45) is 7.53. The fourth-order valence-electron chi connectivity index (χ4n) is 3.35. The molecule has 1 aromatic rings. The van der Waals surface area contributed by atoms with E-state index in [1.54, 1.807) is 7.11 Å². The minimum Gasteiger partial charge on any atom is -0.497 e. The highest BCUT2D eigenvalue weighted by molar-refractivity contribution is 5.91. The van der Waals surface area contributed by atoms with Crippen molar-refractivity contribution in [3.63, 3.8) is 0 Å². The van der Waals surface area contributed by atoms with Gasteiger partial charge in [-0.05, 0) is 30.5 Å². The van der Waals surface area contributed by atoms with Gasteiger partial charge in [0, 0.05) is 11.8 Å². The minimum atomic E-state index is 0.0784. The van der Waals surface area contributed by atoms with E-state index in [0.29, 0.717) is 0 Å². The van der Waals surface area contributed by atoms with E-state index in [0.717, 1.165) is 12.2 Å². The summed E-state index contributed by atoms with van der Waals surface area (Å²) in [6, 6.07) is 8.12. The summed E-state index contributed by atoms with van der Waals surface area (Å²) < 4.78 is 5.19. The van der Waals surface area contributed by atoms with Crippen molar-refractivity contribution in [2.24, 2.45) is 10.6 Å². The fourth-order valence-corrected chi connectivity index (χ4v) is 3.35. The number of nitrogens with zero attached hydrogens (tertiary/aromatic N) is 1. The van der Waals surface area contributed by atoms with Crippen LogP contribution < -0.4 is 4.74 Å². The predicted octanol–water partition coefficient (Wildman–Crippen LogP) is 4.48. The lowest BCUT2D eigenvalue weighted by Gasteiger charge is -2.32. The van der Waals surface area contributed by atoms with Crippen LogP contribution in [0.25, 0.3) is 0 Å². The summed E-state index contributed by atoms with van der Waals surface area (Å²) in [5.41, 5.74) is 2.71. The first kappa shape index (κ1) is 13.5. The molecule has 3 heteroatoms. The molecule has 1 aliphatic heterocycles. The van der Waals surface area contributed by atoms with Crippen LogP contribution in [0.3, 0.4) is 0 Å². The van der Waals surface area contributed by atoms with Crippen LogP contribution in [0.1, 0.15) is 57.1 Å². The topological polar surface area (TPSA) is 30.8 Å². The van der Waals surface area contributed by atoms with Crippen LogP contribution in [0.5, 0.6) is 5.75 Å². The molecule has 0 unspecified atom stereocenters. The summed E-state index contributed by atoms with van der Waals surface area (Å²) >= 11 is 0. The third-order valence-electron chi connectivity index (χ3n) is 4.81. The Balaban J connectivity index is 1.68. The van der Waals surface area contributed by atoms with Crippen LogP contribution in [-0.4, -0.2) is 12.8 Å². The molecular weight excluding hydrogens is 250 g/mol. The molecule has 0 spiro atoms. The Kier molecular flexibility index (Phi) is 3.68. The van der Waals surface area contributed by atoms with Gasteiger partial charge in [0.2, 0.25) is 0 Å². The van der Waals surface area contributed by atoms with Crippen molar-refractivity contribution >= 4 is 5.71 Å². The number of methoxy groups -OCH3 is 1. The van der Waals surface area contributed by atoms with Crippen LogP contribution in [0.4, 0.5) is 0 Å². The molecule has 0 amide bonds. The zero-order chi connectivity index (χ0) is 14.0. The molecule has 1 aromatic carbocycles. The average molecular weight is 273 g/mol. The summed E-state index contributed by atoms with van der Waals surface area (Å²) in [5, 5.41) is 4.42. The summed E-state index contributed by atoms with van der Waals surface area (Å²) in [5.74, 6) is 0.882. The Bertz CT molecular complexity index is 486. The molecule has 2 aliphatic rings. The van der Waals surface area contributed by atoms with Crippen molar-refractivity contribution in [2.45, 2.75) is 51.6 Å². The van der Waals surface area contributed by atoms with Gasteiger partial charge in [-0.1, -0.05) is 43.5 Å². The van der Waals surface area contributed by atoms with Gasteiger partial charge in [-0.3, -0.25) is 0 Å². The Morgan fingerprint density at radius 2 is 1.85 bits per heavy atom. The van der Waals surface area contributed by atoms with Gasteiger partial charge in [-0.2, -0.15) is 0 Å². The van der Waals surface area contributed by atoms with Crippen LogP contribution in [0, 0.1) is 5.41 Å². The fraction of sp³-hybridized carbons (Fsp3) is 0.588. The number of rotatable bonds is 3. The van der Waals surface area contributed by atoms with Crippen molar-refractivity contribution in [1.82, 2.24) is 0 Å². The molecule has 1 fully saturated rings. The molecule has 108 valence electrons. The van der Waals surface area contributed by atoms with Gasteiger partial charge >= 0.3 is 0 Å². The van der Waals surface area contributed by atoms with Crippen LogP contribution in [-0.2, 0) is 4.84 Å². The van der Waals surface area contributed by atoms with Gasteiger partial charge in [0.1, 0.15) is 5.75 Å². The standard InChI is InChI=1S/C17H23NO2/c1-17(10-4-3-5-11-17)16-12-15(20-18-16)13-6-8-14(19-2)9-7-13/h6-9,15H,3-5,10-12H2,1-2H3/t15-/m0/s1. The first-order valence-electron chi connectivity index (χ1n) is 7.58. The minimum absolute atomic E-state index is 0.0784. The monoisotopic (exact) mass is 273 g/mol. The highest BCUT2D eigenvalue weighted by Crippen LogP contribution is 2.42. The number of benzene rings is 1. The highest BCUT2D eigenvalue weighted by Gasteiger charge is 2.37. The second-order valence-corrected chi connectivity index (χ2v) is 6.23. The highest BCUT2D eigenvalue weighted by atomic mass is 16.6. The number of ether oxygens (including phenoxy) is 1. The molecule has 3 rings (SSSR count). The molecule has 0 bridgehead atoms. The van der Waals surface area contributed by atoms with E-state index in [9.17, 15) is 0 Å². The van der Waals surface area contributed by atoms with Gasteiger partial charge in [0.25, 0.3) is 0 Å². The smallest absolute Gasteiger partial charge is 0.157 e. The maximum absolute atomic E-state index is 5.69. The lowest BCUT2D eigenvalue weighted by atomic mass is 9.71. The van der Waals surface area contributed by atoms with Gasteiger partial charge in [0.05, 0.1) is 12.8 Å². The van der Waals surface area contributed by atoms with Gasteiger partial charge in [-0.15, -0.1) is 0 Å². The zero-order valence-electron chi connectivity index (χ0n) is 12.4. The third kappa shape index (κ3) is 2.54. The molecular formula is C17H23NO2. The van der Waals surface area contributed by atoms with Gasteiger partial charge in [0.15, 0.2) is 6.10 Å². The maximum Gasteiger partial charge on any atom is 0.157 e. The first-order chi connectivity index (χ1) is 9.71.